The molecule has 1 heterocycles. The van der Waals surface area contributed by atoms with E-state index in [1.54, 1.807) is 0 Å². The third-order valence-electron chi connectivity index (χ3n) is 4.12. The summed E-state index contributed by atoms with van der Waals surface area (Å²) in [6.07, 6.45) is 8.38. The van der Waals surface area contributed by atoms with Crippen LogP contribution < -0.4 is 5.32 Å². The SMILES string of the molecule is CCC1CN(CCCNC2CCCC2)CCS1. The Kier molecular flexibility index (Phi) is 6.16. The zero-order valence-electron chi connectivity index (χ0n) is 11.3. The van der Waals surface area contributed by atoms with Crippen molar-refractivity contribution in [1.29, 1.82) is 0 Å². The number of nitrogens with zero attached hydrogens (tertiary/aromatic N) is 1. The minimum Gasteiger partial charge on any atom is -0.314 e. The highest BCUT2D eigenvalue weighted by Gasteiger charge is 2.18. The molecule has 1 N–H and O–H groups in total. The molecule has 1 aliphatic carbocycles. The van der Waals surface area contributed by atoms with Crippen LogP contribution in [0.25, 0.3) is 0 Å². The molecule has 1 aliphatic heterocycles. The fourth-order valence-electron chi connectivity index (χ4n) is 2.97. The summed E-state index contributed by atoms with van der Waals surface area (Å²) >= 11 is 2.17. The lowest BCUT2D eigenvalue weighted by atomic mass is 10.2. The molecule has 2 rings (SSSR count). The maximum atomic E-state index is 3.71. The van der Waals surface area contributed by atoms with Crippen LogP contribution in [0.2, 0.25) is 0 Å². The minimum absolute atomic E-state index is 0.843. The Labute approximate surface area is 111 Å². The van der Waals surface area contributed by atoms with Crippen molar-refractivity contribution in [2.24, 2.45) is 0 Å². The first-order chi connectivity index (χ1) is 8.38. The van der Waals surface area contributed by atoms with Gasteiger partial charge in [0, 0.05) is 30.1 Å². The second kappa shape index (κ2) is 7.65. The quantitative estimate of drug-likeness (QED) is 0.736. The van der Waals surface area contributed by atoms with Crippen molar-refractivity contribution >= 4 is 11.8 Å². The van der Waals surface area contributed by atoms with Crippen LogP contribution in [0.1, 0.15) is 45.4 Å². The Hall–Kier alpha value is 0.270. The number of thioether (sulfide) groups is 1. The third kappa shape index (κ3) is 4.80. The van der Waals surface area contributed by atoms with Crippen LogP contribution in [0, 0.1) is 0 Å². The number of hydrogen-bond acceptors (Lipinski definition) is 3. The summed E-state index contributed by atoms with van der Waals surface area (Å²) in [4.78, 5) is 2.67. The van der Waals surface area contributed by atoms with Crippen LogP contribution >= 0.6 is 11.8 Å². The molecule has 1 unspecified atom stereocenters. The van der Waals surface area contributed by atoms with Gasteiger partial charge in [0.25, 0.3) is 0 Å². The Bertz CT molecular complexity index is 204. The van der Waals surface area contributed by atoms with E-state index in [2.05, 4.69) is 28.9 Å². The molecule has 1 saturated heterocycles. The summed E-state index contributed by atoms with van der Waals surface area (Å²) in [5.74, 6) is 1.34. The predicted molar refractivity (Wildman–Crippen MR) is 77.9 cm³/mol. The Morgan fingerprint density at radius 3 is 2.88 bits per heavy atom. The van der Waals surface area contributed by atoms with Crippen molar-refractivity contribution in [1.82, 2.24) is 10.2 Å². The molecular weight excluding hydrogens is 228 g/mol. The second-order valence-corrected chi connectivity index (χ2v) is 6.90. The molecule has 100 valence electrons. The second-order valence-electron chi connectivity index (χ2n) is 5.49. The van der Waals surface area contributed by atoms with E-state index in [9.17, 15) is 0 Å². The van der Waals surface area contributed by atoms with Gasteiger partial charge in [-0.25, -0.2) is 0 Å². The largest absolute Gasteiger partial charge is 0.314 e. The average Bonchev–Trinajstić information content (AvgIpc) is 2.88. The number of rotatable bonds is 6. The maximum Gasteiger partial charge on any atom is 0.0172 e. The van der Waals surface area contributed by atoms with Crippen molar-refractivity contribution in [3.05, 3.63) is 0 Å². The molecule has 3 heteroatoms. The first kappa shape index (κ1) is 13.7. The molecule has 0 bridgehead atoms. The third-order valence-corrected chi connectivity index (χ3v) is 5.49. The van der Waals surface area contributed by atoms with E-state index >= 15 is 0 Å². The van der Waals surface area contributed by atoms with Crippen LogP contribution in [0.15, 0.2) is 0 Å². The number of nitrogens with one attached hydrogen (secondary N) is 1. The van der Waals surface area contributed by atoms with Crippen LogP contribution in [-0.4, -0.2) is 48.1 Å². The van der Waals surface area contributed by atoms with Crippen molar-refractivity contribution in [2.45, 2.75) is 56.7 Å². The monoisotopic (exact) mass is 256 g/mol. The fraction of sp³-hybridized carbons (Fsp3) is 1.00. The highest BCUT2D eigenvalue weighted by molar-refractivity contribution is 8.00. The van der Waals surface area contributed by atoms with Crippen LogP contribution in [0.4, 0.5) is 0 Å². The van der Waals surface area contributed by atoms with Gasteiger partial charge in [0.1, 0.15) is 0 Å². The summed E-state index contributed by atoms with van der Waals surface area (Å²) in [6.45, 7) is 7.49. The molecule has 0 amide bonds. The summed E-state index contributed by atoms with van der Waals surface area (Å²) in [5, 5.41) is 4.61. The molecule has 2 nitrogen and oxygen atoms in total. The van der Waals surface area contributed by atoms with Gasteiger partial charge in [-0.2, -0.15) is 11.8 Å². The molecule has 0 radical (unpaired) electrons. The van der Waals surface area contributed by atoms with Gasteiger partial charge in [0.2, 0.25) is 0 Å². The molecule has 1 atom stereocenters. The molecule has 0 aromatic rings. The van der Waals surface area contributed by atoms with E-state index < -0.39 is 0 Å². The van der Waals surface area contributed by atoms with Gasteiger partial charge in [0.15, 0.2) is 0 Å². The van der Waals surface area contributed by atoms with Crippen LogP contribution in [-0.2, 0) is 0 Å². The molecule has 17 heavy (non-hydrogen) atoms. The highest BCUT2D eigenvalue weighted by Crippen LogP contribution is 2.21. The lowest BCUT2D eigenvalue weighted by molar-refractivity contribution is 0.274. The summed E-state index contributed by atoms with van der Waals surface area (Å²) in [5.41, 5.74) is 0. The lowest BCUT2D eigenvalue weighted by Crippen LogP contribution is -2.39. The first-order valence-electron chi connectivity index (χ1n) is 7.46. The zero-order valence-corrected chi connectivity index (χ0v) is 12.1. The van der Waals surface area contributed by atoms with Gasteiger partial charge >= 0.3 is 0 Å². The molecule has 1 saturated carbocycles. The Balaban J connectivity index is 1.52. The Morgan fingerprint density at radius 1 is 1.29 bits per heavy atom. The first-order valence-corrected chi connectivity index (χ1v) is 8.50. The van der Waals surface area contributed by atoms with Gasteiger partial charge in [-0.05, 0) is 38.8 Å². The normalized spacial score (nSPS) is 27.7. The molecule has 0 aromatic heterocycles. The van der Waals surface area contributed by atoms with E-state index in [1.165, 1.54) is 70.5 Å². The Morgan fingerprint density at radius 2 is 2.12 bits per heavy atom. The van der Waals surface area contributed by atoms with E-state index in [4.69, 9.17) is 0 Å². The summed E-state index contributed by atoms with van der Waals surface area (Å²) in [7, 11) is 0. The van der Waals surface area contributed by atoms with Crippen molar-refractivity contribution in [3.8, 4) is 0 Å². The smallest absolute Gasteiger partial charge is 0.0172 e. The molecule has 0 spiro atoms. The van der Waals surface area contributed by atoms with E-state index in [0.717, 1.165) is 11.3 Å². The van der Waals surface area contributed by atoms with Gasteiger partial charge in [-0.3, -0.25) is 0 Å². The minimum atomic E-state index is 0.843. The van der Waals surface area contributed by atoms with E-state index in [0.29, 0.717) is 0 Å². The molecule has 0 aromatic carbocycles. The van der Waals surface area contributed by atoms with Crippen molar-refractivity contribution in [3.63, 3.8) is 0 Å². The van der Waals surface area contributed by atoms with E-state index in [-0.39, 0.29) is 0 Å². The van der Waals surface area contributed by atoms with Gasteiger partial charge in [0.05, 0.1) is 0 Å². The highest BCUT2D eigenvalue weighted by atomic mass is 32.2. The predicted octanol–water partition coefficient (Wildman–Crippen LogP) is 2.74. The fourth-order valence-corrected chi connectivity index (χ4v) is 4.22. The molecule has 2 aliphatic rings. The molecule has 2 fully saturated rings. The maximum absolute atomic E-state index is 3.71. The van der Waals surface area contributed by atoms with Gasteiger partial charge in [-0.1, -0.05) is 19.8 Å². The summed E-state index contributed by atoms with van der Waals surface area (Å²) in [6, 6.07) is 0.843. The molecular formula is C14H28N2S. The average molecular weight is 256 g/mol. The zero-order chi connectivity index (χ0) is 11.9. The lowest BCUT2D eigenvalue weighted by Gasteiger charge is -2.31. The standard InChI is InChI=1S/C14H28N2S/c1-2-14-12-16(10-11-17-14)9-5-8-15-13-6-3-4-7-13/h13-15H,2-12H2,1H3. The summed E-state index contributed by atoms with van der Waals surface area (Å²) < 4.78 is 0. The number of hydrogen-bond donors (Lipinski definition) is 1. The van der Waals surface area contributed by atoms with E-state index in [1.807, 2.05) is 0 Å². The van der Waals surface area contributed by atoms with Gasteiger partial charge in [-0.15, -0.1) is 0 Å². The van der Waals surface area contributed by atoms with Crippen molar-refractivity contribution in [2.75, 3.05) is 31.9 Å². The topological polar surface area (TPSA) is 15.3 Å². The van der Waals surface area contributed by atoms with Gasteiger partial charge < -0.3 is 10.2 Å². The van der Waals surface area contributed by atoms with Crippen molar-refractivity contribution < 1.29 is 0 Å². The van der Waals surface area contributed by atoms with Crippen LogP contribution in [0.3, 0.4) is 0 Å². The van der Waals surface area contributed by atoms with Crippen LogP contribution in [0.5, 0.6) is 0 Å².